The summed E-state index contributed by atoms with van der Waals surface area (Å²) < 4.78 is 32.3. The van der Waals surface area contributed by atoms with Gasteiger partial charge in [0.2, 0.25) is 0 Å². The zero-order valence-corrected chi connectivity index (χ0v) is 31.5. The molecule has 262 valence electrons. The molecule has 46 heavy (non-hydrogen) atoms. The van der Waals surface area contributed by atoms with Crippen LogP contribution < -0.4 is 11.1 Å². The lowest BCUT2D eigenvalue weighted by molar-refractivity contribution is 0.0892. The molecule has 3 N–H and O–H groups in total. The Bertz CT molecular complexity index is 1240. The summed E-state index contributed by atoms with van der Waals surface area (Å²) in [6.07, 6.45) is 19.8. The summed E-state index contributed by atoms with van der Waals surface area (Å²) in [5.41, 5.74) is 12.8. The molecule has 0 radical (unpaired) electrons. The van der Waals surface area contributed by atoms with Crippen LogP contribution in [0.5, 0.6) is 0 Å². The number of rotatable bonds is 15. The van der Waals surface area contributed by atoms with Gasteiger partial charge in [0.15, 0.2) is 0 Å². The van der Waals surface area contributed by atoms with Crippen LogP contribution in [0.25, 0.3) is 16.5 Å². The van der Waals surface area contributed by atoms with Crippen LogP contribution in [0, 0.1) is 12.8 Å². The normalized spacial score (nSPS) is 15.5. The summed E-state index contributed by atoms with van der Waals surface area (Å²) in [7, 11) is 0. The largest absolute Gasteiger partial charge is 0.355 e. The molecular formula is C40H67F2N3S. The number of hydrogen-bond donors (Lipinski definition) is 3. The molecule has 2 atom stereocenters. The number of nitrogens with zero attached hydrogens (tertiary/aromatic N) is 1. The number of nitrogens with two attached hydrogens (primary N) is 1. The smallest absolute Gasteiger partial charge is 0.271 e. The fourth-order valence-electron chi connectivity index (χ4n) is 6.47. The zero-order valence-electron chi connectivity index (χ0n) is 30.6. The van der Waals surface area contributed by atoms with Crippen molar-refractivity contribution in [3.05, 3.63) is 46.3 Å². The van der Waals surface area contributed by atoms with Gasteiger partial charge in [-0.05, 0) is 80.7 Å². The maximum absolute atomic E-state index is 15.0. The third-order valence-electron chi connectivity index (χ3n) is 9.46. The predicted molar refractivity (Wildman–Crippen MR) is 204 cm³/mol. The average Bonchev–Trinajstić information content (AvgIpc) is 3.27. The number of aryl methyl sites for hydroxylation is 2. The first-order valence-electron chi connectivity index (χ1n) is 18.6. The Balaban J connectivity index is 0.000000524. The second kappa shape index (κ2) is 20.5. The van der Waals surface area contributed by atoms with E-state index in [9.17, 15) is 8.78 Å². The van der Waals surface area contributed by atoms with E-state index in [1.54, 1.807) is 6.08 Å². The molecule has 1 fully saturated rings. The van der Waals surface area contributed by atoms with Crippen molar-refractivity contribution in [2.45, 2.75) is 169 Å². The fourth-order valence-corrected chi connectivity index (χ4v) is 6.83. The maximum atomic E-state index is 15.0. The van der Waals surface area contributed by atoms with Crippen molar-refractivity contribution in [2.24, 2.45) is 11.7 Å². The molecule has 1 aliphatic carbocycles. The van der Waals surface area contributed by atoms with Crippen LogP contribution in [0.4, 0.5) is 14.5 Å². The molecule has 2 heterocycles. The molecule has 0 saturated heterocycles. The van der Waals surface area contributed by atoms with E-state index >= 15 is 0 Å². The van der Waals surface area contributed by atoms with Gasteiger partial charge in [-0.25, -0.2) is 8.78 Å². The van der Waals surface area contributed by atoms with Gasteiger partial charge in [-0.15, -0.1) is 0 Å². The van der Waals surface area contributed by atoms with Crippen LogP contribution >= 0.6 is 12.6 Å². The maximum Gasteiger partial charge on any atom is 0.271 e. The predicted octanol–water partition coefficient (Wildman–Crippen LogP) is 12.7. The van der Waals surface area contributed by atoms with Gasteiger partial charge in [0.25, 0.3) is 5.92 Å². The van der Waals surface area contributed by atoms with Crippen molar-refractivity contribution in [2.75, 3.05) is 11.9 Å². The molecule has 1 aromatic heterocycles. The van der Waals surface area contributed by atoms with E-state index in [0.717, 1.165) is 85.8 Å². The number of nitrogens with one attached hydrogen (secondary N) is 1. The first kappa shape index (κ1) is 40.4. The Morgan fingerprint density at radius 1 is 0.978 bits per heavy atom. The lowest BCUT2D eigenvalue weighted by Gasteiger charge is -2.30. The molecule has 2 aliphatic rings. The van der Waals surface area contributed by atoms with E-state index in [-0.39, 0.29) is 5.57 Å². The van der Waals surface area contributed by atoms with Gasteiger partial charge in [-0.3, -0.25) is 0 Å². The summed E-state index contributed by atoms with van der Waals surface area (Å²) in [5.74, 6) is -2.12. The fraction of sp³-hybridized carbons (Fsp3) is 0.700. The Hall–Kier alpha value is -1.79. The summed E-state index contributed by atoms with van der Waals surface area (Å²) in [6.45, 7) is 18.0. The standard InChI is InChI=1S/C30H42F2N2.C7H17NS.C3H8/c1-5-7-8-9-10-11-12-13-19-34-26(6-2)21(3)28-27(34)18-17-24-29(28)23(30(4,31)32)20-25(33-24)22-15-14-16-22;1-3-6(2)4-7(9)5-8;1-3-2/h17-18,20,33H,5-16,19H2,1-4H3;6-7,9H,3-5,8H2,1-2H3;3H2,1-2H3. The second-order valence-corrected chi connectivity index (χ2v) is 14.5. The van der Waals surface area contributed by atoms with Gasteiger partial charge in [0, 0.05) is 64.4 Å². The second-order valence-electron chi connectivity index (χ2n) is 13.7. The van der Waals surface area contributed by atoms with Crippen LogP contribution in [-0.2, 0) is 13.0 Å². The minimum Gasteiger partial charge on any atom is -0.355 e. The number of allylic oxidation sites excluding steroid dienone is 3. The molecule has 6 heteroatoms. The number of thiol groups is 1. The van der Waals surface area contributed by atoms with E-state index in [4.69, 9.17) is 5.73 Å². The quantitative estimate of drug-likeness (QED) is 0.132. The van der Waals surface area contributed by atoms with E-state index in [1.165, 1.54) is 69.1 Å². The Morgan fingerprint density at radius 3 is 2.09 bits per heavy atom. The van der Waals surface area contributed by atoms with E-state index in [0.29, 0.717) is 17.4 Å². The number of fused-ring (bicyclic) bond motifs is 3. The molecule has 1 aromatic carbocycles. The van der Waals surface area contributed by atoms with Crippen molar-refractivity contribution >= 4 is 34.8 Å². The highest BCUT2D eigenvalue weighted by Gasteiger charge is 2.36. The van der Waals surface area contributed by atoms with Gasteiger partial charge in [0.1, 0.15) is 0 Å². The molecule has 0 spiro atoms. The van der Waals surface area contributed by atoms with Crippen LogP contribution in [0.2, 0.25) is 0 Å². The van der Waals surface area contributed by atoms with Crippen LogP contribution in [0.15, 0.2) is 29.5 Å². The highest BCUT2D eigenvalue weighted by atomic mass is 32.1. The first-order chi connectivity index (χ1) is 22.0. The van der Waals surface area contributed by atoms with Gasteiger partial charge >= 0.3 is 0 Å². The number of benzene rings is 1. The van der Waals surface area contributed by atoms with Crippen molar-refractivity contribution in [1.29, 1.82) is 0 Å². The Kier molecular flexibility index (Phi) is 18.0. The molecule has 1 aliphatic heterocycles. The Morgan fingerprint density at radius 2 is 1.59 bits per heavy atom. The molecule has 1 saturated carbocycles. The van der Waals surface area contributed by atoms with Crippen molar-refractivity contribution in [1.82, 2.24) is 4.57 Å². The molecule has 0 amide bonds. The van der Waals surface area contributed by atoms with Crippen molar-refractivity contribution < 1.29 is 8.78 Å². The number of aromatic nitrogens is 1. The van der Waals surface area contributed by atoms with E-state index < -0.39 is 5.92 Å². The van der Waals surface area contributed by atoms with Crippen LogP contribution in [-0.4, -0.2) is 22.3 Å². The first-order valence-corrected chi connectivity index (χ1v) is 19.1. The van der Waals surface area contributed by atoms with Crippen molar-refractivity contribution in [3.63, 3.8) is 0 Å². The number of halogens is 2. The number of unbranched alkanes of at least 4 members (excludes halogenated alkanes) is 7. The van der Waals surface area contributed by atoms with Gasteiger partial charge in [-0.1, -0.05) is 99.3 Å². The third-order valence-corrected chi connectivity index (χ3v) is 9.88. The van der Waals surface area contributed by atoms with Crippen LogP contribution in [0.1, 0.15) is 155 Å². The molecule has 0 bridgehead atoms. The molecule has 4 rings (SSSR count). The van der Waals surface area contributed by atoms with Crippen LogP contribution in [0.3, 0.4) is 0 Å². The number of hydrogen-bond acceptors (Lipinski definition) is 3. The summed E-state index contributed by atoms with van der Waals surface area (Å²) >= 11 is 4.30. The van der Waals surface area contributed by atoms with E-state index in [2.05, 4.69) is 77.0 Å². The van der Waals surface area contributed by atoms with Gasteiger partial charge in [0.05, 0.1) is 0 Å². The topological polar surface area (TPSA) is 43.0 Å². The van der Waals surface area contributed by atoms with E-state index in [1.807, 2.05) is 6.07 Å². The highest BCUT2D eigenvalue weighted by Crippen LogP contribution is 2.47. The number of anilines is 1. The number of alkyl halides is 2. The lowest BCUT2D eigenvalue weighted by Crippen LogP contribution is -2.20. The monoisotopic (exact) mass is 660 g/mol. The summed E-state index contributed by atoms with van der Waals surface area (Å²) in [5, 5.41) is 4.92. The zero-order chi connectivity index (χ0) is 34.3. The molecule has 3 nitrogen and oxygen atoms in total. The third kappa shape index (κ3) is 11.4. The molecule has 2 unspecified atom stereocenters. The minimum absolute atomic E-state index is 0.163. The SMILES string of the molecule is CCC.CCC(C)CC(S)CN.CCCCCCCCCCn1c(CC)c(C)c2c3c(ccc21)NC(=C1CCC1)C=C3C(C)(F)F. The minimum atomic E-state index is -2.89. The molecular weight excluding hydrogens is 593 g/mol. The lowest BCUT2D eigenvalue weighted by atomic mass is 9.85. The van der Waals surface area contributed by atoms with Gasteiger partial charge in [-0.2, -0.15) is 12.6 Å². The average molecular weight is 660 g/mol. The summed E-state index contributed by atoms with van der Waals surface area (Å²) in [6, 6.07) is 4.18. The summed E-state index contributed by atoms with van der Waals surface area (Å²) in [4.78, 5) is 0. The van der Waals surface area contributed by atoms with Gasteiger partial charge < -0.3 is 15.6 Å². The highest BCUT2D eigenvalue weighted by molar-refractivity contribution is 7.81. The van der Waals surface area contributed by atoms with Crippen molar-refractivity contribution in [3.8, 4) is 0 Å². The Labute approximate surface area is 286 Å². The molecule has 2 aromatic rings.